The van der Waals surface area contributed by atoms with E-state index < -0.39 is 0 Å². The number of nitrogens with zero attached hydrogens (tertiary/aromatic N) is 5. The van der Waals surface area contributed by atoms with Crippen LogP contribution in [0.4, 0.5) is 0 Å². The van der Waals surface area contributed by atoms with Gasteiger partial charge in [-0.05, 0) is 38.1 Å². The maximum absolute atomic E-state index is 12.5. The molecule has 1 aliphatic heterocycles. The molecule has 0 aliphatic carbocycles. The van der Waals surface area contributed by atoms with Crippen LogP contribution in [0.25, 0.3) is 17.1 Å². The summed E-state index contributed by atoms with van der Waals surface area (Å²) < 4.78 is 12.7. The Morgan fingerprint density at radius 1 is 1.23 bits per heavy atom. The van der Waals surface area contributed by atoms with Crippen LogP contribution in [0.2, 0.25) is 0 Å². The van der Waals surface area contributed by atoms with Crippen molar-refractivity contribution in [3.05, 3.63) is 30.5 Å². The van der Waals surface area contributed by atoms with Crippen LogP contribution in [0.3, 0.4) is 0 Å². The first-order valence-electron chi connectivity index (χ1n) is 8.42. The lowest BCUT2D eigenvalue weighted by atomic mass is 10.2. The van der Waals surface area contributed by atoms with Crippen molar-refractivity contribution in [3.63, 3.8) is 0 Å². The number of carbonyl (C=O) groups excluding carboxylic acids is 1. The quantitative estimate of drug-likeness (QED) is 0.648. The van der Waals surface area contributed by atoms with Gasteiger partial charge in [0.15, 0.2) is 11.4 Å². The van der Waals surface area contributed by atoms with Crippen LogP contribution in [-0.4, -0.2) is 61.7 Å². The Morgan fingerprint density at radius 3 is 2.77 bits per heavy atom. The molecule has 136 valence electrons. The van der Waals surface area contributed by atoms with Gasteiger partial charge >= 0.3 is 0 Å². The molecule has 0 spiro atoms. The summed E-state index contributed by atoms with van der Waals surface area (Å²) in [4.78, 5) is 14.4. The van der Waals surface area contributed by atoms with Gasteiger partial charge in [-0.1, -0.05) is 11.8 Å². The lowest BCUT2D eigenvalue weighted by molar-refractivity contribution is -0.140. The van der Waals surface area contributed by atoms with E-state index in [4.69, 9.17) is 9.15 Å². The van der Waals surface area contributed by atoms with E-state index in [-0.39, 0.29) is 23.9 Å². The molecule has 9 heteroatoms. The van der Waals surface area contributed by atoms with Crippen LogP contribution in [0, 0.1) is 0 Å². The van der Waals surface area contributed by atoms with E-state index >= 15 is 0 Å². The highest BCUT2D eigenvalue weighted by Gasteiger charge is 2.26. The van der Waals surface area contributed by atoms with Crippen LogP contribution in [-0.2, 0) is 9.53 Å². The SMILES string of the molecule is CC1CN(C(=O)CSc2nnc3ccc(-c4ccco4)nn23)CC(C)O1. The molecular formula is C17H19N5O3S. The molecule has 3 aromatic heterocycles. The van der Waals surface area contributed by atoms with E-state index in [1.165, 1.54) is 11.8 Å². The number of aromatic nitrogens is 4. The number of thioether (sulfide) groups is 1. The predicted molar refractivity (Wildman–Crippen MR) is 95.8 cm³/mol. The van der Waals surface area contributed by atoms with Gasteiger partial charge in [0.25, 0.3) is 0 Å². The van der Waals surface area contributed by atoms with E-state index in [2.05, 4.69) is 15.3 Å². The molecule has 0 aromatic carbocycles. The van der Waals surface area contributed by atoms with Gasteiger partial charge < -0.3 is 14.1 Å². The van der Waals surface area contributed by atoms with E-state index in [0.29, 0.717) is 35.3 Å². The monoisotopic (exact) mass is 373 g/mol. The van der Waals surface area contributed by atoms with Gasteiger partial charge in [0.1, 0.15) is 5.69 Å². The number of ether oxygens (including phenoxy) is 1. The molecule has 4 heterocycles. The zero-order valence-electron chi connectivity index (χ0n) is 14.5. The summed E-state index contributed by atoms with van der Waals surface area (Å²) in [5.74, 6) is 1.02. The summed E-state index contributed by atoms with van der Waals surface area (Å²) in [5.41, 5.74) is 1.31. The topological polar surface area (TPSA) is 85.8 Å². The molecule has 0 radical (unpaired) electrons. The molecule has 2 atom stereocenters. The number of furan rings is 1. The smallest absolute Gasteiger partial charge is 0.233 e. The van der Waals surface area contributed by atoms with Crippen molar-refractivity contribution in [3.8, 4) is 11.5 Å². The Kier molecular flexibility index (Phi) is 4.64. The highest BCUT2D eigenvalue weighted by Crippen LogP contribution is 2.21. The van der Waals surface area contributed by atoms with Gasteiger partial charge in [-0.2, -0.15) is 9.61 Å². The van der Waals surface area contributed by atoms with Crippen LogP contribution in [0.15, 0.2) is 40.1 Å². The Balaban J connectivity index is 1.48. The Labute approximate surface area is 154 Å². The number of amides is 1. The number of morpholine rings is 1. The molecule has 1 fully saturated rings. The molecule has 0 bridgehead atoms. The standard InChI is InChI=1S/C17H19N5O3S/c1-11-8-21(9-12(2)25-11)16(23)10-26-17-19-18-15-6-5-13(20-22(15)17)14-4-3-7-24-14/h3-7,11-12H,8-10H2,1-2H3. The van der Waals surface area contributed by atoms with Crippen molar-refractivity contribution in [2.45, 2.75) is 31.2 Å². The molecule has 1 amide bonds. The number of carbonyl (C=O) groups is 1. The van der Waals surface area contributed by atoms with Gasteiger partial charge in [-0.3, -0.25) is 4.79 Å². The van der Waals surface area contributed by atoms with Gasteiger partial charge in [-0.15, -0.1) is 10.2 Å². The van der Waals surface area contributed by atoms with Crippen LogP contribution in [0.1, 0.15) is 13.8 Å². The molecule has 8 nitrogen and oxygen atoms in total. The number of hydrogen-bond donors (Lipinski definition) is 0. The van der Waals surface area contributed by atoms with E-state index in [0.717, 1.165) is 0 Å². The van der Waals surface area contributed by atoms with Gasteiger partial charge in [0, 0.05) is 13.1 Å². The number of hydrogen-bond acceptors (Lipinski definition) is 7. The van der Waals surface area contributed by atoms with Crippen molar-refractivity contribution in [1.82, 2.24) is 24.7 Å². The van der Waals surface area contributed by atoms with Crippen molar-refractivity contribution in [2.24, 2.45) is 0 Å². The third-order valence-electron chi connectivity index (χ3n) is 4.10. The van der Waals surface area contributed by atoms with Gasteiger partial charge in [0.2, 0.25) is 11.1 Å². The molecule has 0 saturated carbocycles. The number of fused-ring (bicyclic) bond motifs is 1. The molecule has 26 heavy (non-hydrogen) atoms. The minimum atomic E-state index is 0.0548. The summed E-state index contributed by atoms with van der Waals surface area (Å²) >= 11 is 1.33. The normalized spacial score (nSPS) is 20.6. The van der Waals surface area contributed by atoms with Crippen LogP contribution in [0.5, 0.6) is 0 Å². The third kappa shape index (κ3) is 3.45. The second-order valence-corrected chi connectivity index (χ2v) is 7.24. The second kappa shape index (κ2) is 7.08. The molecule has 4 rings (SSSR count). The maximum Gasteiger partial charge on any atom is 0.233 e. The minimum Gasteiger partial charge on any atom is -0.463 e. The highest BCUT2D eigenvalue weighted by atomic mass is 32.2. The second-order valence-electron chi connectivity index (χ2n) is 6.29. The fraction of sp³-hybridized carbons (Fsp3) is 0.412. The van der Waals surface area contributed by atoms with Crippen molar-refractivity contribution >= 4 is 23.3 Å². The van der Waals surface area contributed by atoms with Crippen molar-refractivity contribution in [1.29, 1.82) is 0 Å². The molecule has 0 N–H and O–H groups in total. The Morgan fingerprint density at radius 2 is 2.04 bits per heavy atom. The average Bonchev–Trinajstić information content (AvgIpc) is 3.28. The Bertz CT molecular complexity index is 900. The first-order valence-corrected chi connectivity index (χ1v) is 9.41. The summed E-state index contributed by atoms with van der Waals surface area (Å²) in [6.07, 6.45) is 1.71. The minimum absolute atomic E-state index is 0.0548. The molecule has 1 saturated heterocycles. The molecular weight excluding hydrogens is 354 g/mol. The van der Waals surface area contributed by atoms with E-state index in [1.807, 2.05) is 43.0 Å². The van der Waals surface area contributed by atoms with Crippen LogP contribution >= 0.6 is 11.8 Å². The lowest BCUT2D eigenvalue weighted by Crippen LogP contribution is -2.48. The summed E-state index contributed by atoms with van der Waals surface area (Å²) in [7, 11) is 0. The first kappa shape index (κ1) is 17.0. The Hall–Kier alpha value is -2.39. The molecule has 3 aromatic rings. The molecule has 2 unspecified atom stereocenters. The lowest BCUT2D eigenvalue weighted by Gasteiger charge is -2.35. The van der Waals surface area contributed by atoms with Gasteiger partial charge in [-0.25, -0.2) is 0 Å². The maximum atomic E-state index is 12.5. The summed E-state index contributed by atoms with van der Waals surface area (Å²) in [6, 6.07) is 7.32. The predicted octanol–water partition coefficient (Wildman–Crippen LogP) is 2.11. The molecule has 1 aliphatic rings. The van der Waals surface area contributed by atoms with Gasteiger partial charge in [0.05, 0.1) is 24.2 Å². The van der Waals surface area contributed by atoms with Crippen molar-refractivity contribution < 1.29 is 13.9 Å². The third-order valence-corrected chi connectivity index (χ3v) is 5.01. The highest BCUT2D eigenvalue weighted by molar-refractivity contribution is 7.99. The largest absolute Gasteiger partial charge is 0.463 e. The number of rotatable bonds is 4. The van der Waals surface area contributed by atoms with Crippen molar-refractivity contribution in [2.75, 3.05) is 18.8 Å². The summed E-state index contributed by atoms with van der Waals surface area (Å²) in [6.45, 7) is 5.20. The fourth-order valence-corrected chi connectivity index (χ4v) is 3.80. The average molecular weight is 373 g/mol. The first-order chi connectivity index (χ1) is 12.6. The summed E-state index contributed by atoms with van der Waals surface area (Å²) in [5, 5.41) is 13.4. The van der Waals surface area contributed by atoms with Crippen LogP contribution < -0.4 is 0 Å². The fourth-order valence-electron chi connectivity index (χ4n) is 3.01. The zero-order chi connectivity index (χ0) is 18.1. The van der Waals surface area contributed by atoms with E-state index in [1.54, 1.807) is 10.8 Å². The van der Waals surface area contributed by atoms with E-state index in [9.17, 15) is 4.79 Å². The zero-order valence-corrected chi connectivity index (χ0v) is 15.3.